The summed E-state index contributed by atoms with van der Waals surface area (Å²) in [5.74, 6) is 0.682. The molecule has 0 spiro atoms. The van der Waals surface area contributed by atoms with E-state index in [1.54, 1.807) is 12.1 Å². The molecule has 1 aromatic heterocycles. The van der Waals surface area contributed by atoms with Gasteiger partial charge >= 0.3 is 6.18 Å². The minimum atomic E-state index is -4.32. The molecule has 2 nitrogen and oxygen atoms in total. The lowest BCUT2D eigenvalue weighted by atomic mass is 10.1. The van der Waals surface area contributed by atoms with Crippen LogP contribution in [-0.4, -0.2) is 0 Å². The van der Waals surface area contributed by atoms with Crippen molar-refractivity contribution in [1.82, 2.24) is 0 Å². The molecule has 0 atom stereocenters. The van der Waals surface area contributed by atoms with Gasteiger partial charge in [-0.2, -0.15) is 13.2 Å². The molecule has 0 aliphatic rings. The third kappa shape index (κ3) is 2.03. The molecule has 16 heavy (non-hydrogen) atoms. The molecule has 0 bridgehead atoms. The van der Waals surface area contributed by atoms with Crippen LogP contribution in [0, 0.1) is 0 Å². The molecule has 84 valence electrons. The van der Waals surface area contributed by atoms with Crippen molar-refractivity contribution in [2.75, 3.05) is 5.73 Å². The van der Waals surface area contributed by atoms with Gasteiger partial charge in [0.25, 0.3) is 0 Å². The maximum absolute atomic E-state index is 12.3. The molecule has 0 radical (unpaired) electrons. The number of halogens is 3. The van der Waals surface area contributed by atoms with Crippen molar-refractivity contribution in [2.45, 2.75) is 6.18 Å². The van der Waals surface area contributed by atoms with E-state index < -0.39 is 11.7 Å². The molecule has 0 amide bonds. The van der Waals surface area contributed by atoms with Crippen molar-refractivity contribution in [3.63, 3.8) is 0 Å². The predicted molar refractivity (Wildman–Crippen MR) is 53.6 cm³/mol. The van der Waals surface area contributed by atoms with Crippen molar-refractivity contribution in [3.05, 3.63) is 42.0 Å². The number of nitrogens with two attached hydrogens (primary N) is 1. The molecule has 5 heteroatoms. The number of benzene rings is 1. The molecule has 1 heterocycles. The lowest BCUT2D eigenvalue weighted by molar-refractivity contribution is -0.137. The van der Waals surface area contributed by atoms with Gasteiger partial charge in [0.1, 0.15) is 5.76 Å². The van der Waals surface area contributed by atoms with E-state index in [1.165, 1.54) is 12.1 Å². The lowest BCUT2D eigenvalue weighted by Crippen LogP contribution is -2.03. The van der Waals surface area contributed by atoms with Crippen LogP contribution in [0.5, 0.6) is 0 Å². The van der Waals surface area contributed by atoms with Crippen molar-refractivity contribution >= 4 is 5.88 Å². The Hall–Kier alpha value is -1.91. The predicted octanol–water partition coefficient (Wildman–Crippen LogP) is 3.55. The second-order valence-electron chi connectivity index (χ2n) is 3.28. The second kappa shape index (κ2) is 3.59. The summed E-state index contributed by atoms with van der Waals surface area (Å²) in [6, 6.07) is 7.87. The smallest absolute Gasteiger partial charge is 0.416 e. The zero-order valence-electron chi connectivity index (χ0n) is 8.08. The first-order valence-electron chi connectivity index (χ1n) is 4.50. The quantitative estimate of drug-likeness (QED) is 0.809. The van der Waals surface area contributed by atoms with Gasteiger partial charge in [0, 0.05) is 11.6 Å². The van der Waals surface area contributed by atoms with Gasteiger partial charge in [-0.1, -0.05) is 12.1 Å². The Labute approximate surface area is 89.5 Å². The highest BCUT2D eigenvalue weighted by atomic mass is 19.4. The summed E-state index contributed by atoms with van der Waals surface area (Å²) in [6.07, 6.45) is -4.32. The van der Waals surface area contributed by atoms with Crippen LogP contribution in [0.1, 0.15) is 5.56 Å². The highest BCUT2D eigenvalue weighted by molar-refractivity contribution is 5.59. The van der Waals surface area contributed by atoms with Crippen LogP contribution in [0.2, 0.25) is 0 Å². The highest BCUT2D eigenvalue weighted by Gasteiger charge is 2.30. The van der Waals surface area contributed by atoms with E-state index >= 15 is 0 Å². The highest BCUT2D eigenvalue weighted by Crippen LogP contribution is 2.31. The number of rotatable bonds is 1. The average molecular weight is 227 g/mol. The molecule has 0 unspecified atom stereocenters. The molecule has 2 N–H and O–H groups in total. The van der Waals surface area contributed by atoms with E-state index in [0.29, 0.717) is 11.3 Å². The third-order valence-corrected chi connectivity index (χ3v) is 2.12. The van der Waals surface area contributed by atoms with E-state index in [4.69, 9.17) is 10.2 Å². The van der Waals surface area contributed by atoms with Gasteiger partial charge in [0.15, 0.2) is 5.88 Å². The monoisotopic (exact) mass is 227 g/mol. The normalized spacial score (nSPS) is 11.7. The number of hydrogen-bond acceptors (Lipinski definition) is 2. The van der Waals surface area contributed by atoms with E-state index in [-0.39, 0.29) is 5.88 Å². The number of alkyl halides is 3. The molecule has 0 aliphatic carbocycles. The molecule has 0 fully saturated rings. The number of furan rings is 1. The lowest BCUT2D eigenvalue weighted by Gasteiger charge is -2.06. The Morgan fingerprint density at radius 1 is 0.938 bits per heavy atom. The summed E-state index contributed by atoms with van der Waals surface area (Å²) in [5.41, 5.74) is 5.24. The Morgan fingerprint density at radius 2 is 1.56 bits per heavy atom. The first kappa shape index (κ1) is 10.6. The van der Waals surface area contributed by atoms with Crippen LogP contribution < -0.4 is 5.73 Å². The zero-order chi connectivity index (χ0) is 11.8. The Kier molecular flexibility index (Phi) is 2.38. The average Bonchev–Trinajstić information content (AvgIpc) is 2.64. The summed E-state index contributed by atoms with van der Waals surface area (Å²) < 4.78 is 41.9. The molecule has 0 saturated carbocycles. The topological polar surface area (TPSA) is 39.2 Å². The van der Waals surface area contributed by atoms with Crippen molar-refractivity contribution < 1.29 is 17.6 Å². The van der Waals surface area contributed by atoms with Crippen molar-refractivity contribution in [3.8, 4) is 11.3 Å². The number of nitrogen functional groups attached to an aromatic ring is 1. The first-order valence-corrected chi connectivity index (χ1v) is 4.50. The fraction of sp³-hybridized carbons (Fsp3) is 0.0909. The molecular weight excluding hydrogens is 219 g/mol. The molecular formula is C11H8F3NO. The zero-order valence-corrected chi connectivity index (χ0v) is 8.08. The van der Waals surface area contributed by atoms with Crippen LogP contribution in [0.3, 0.4) is 0 Å². The van der Waals surface area contributed by atoms with Gasteiger partial charge in [-0.3, -0.25) is 0 Å². The van der Waals surface area contributed by atoms with E-state index in [0.717, 1.165) is 12.1 Å². The summed E-state index contributed by atoms with van der Waals surface area (Å²) in [4.78, 5) is 0. The van der Waals surface area contributed by atoms with Gasteiger partial charge in [0.2, 0.25) is 0 Å². The van der Waals surface area contributed by atoms with Gasteiger partial charge in [-0.15, -0.1) is 0 Å². The van der Waals surface area contributed by atoms with E-state index in [2.05, 4.69) is 0 Å². The standard InChI is InChI=1S/C11H8F3NO/c12-11(13,14)8-3-1-7(2-4-8)9-5-6-10(15)16-9/h1-6H,15H2. The maximum Gasteiger partial charge on any atom is 0.416 e. The first-order chi connectivity index (χ1) is 7.47. The van der Waals surface area contributed by atoms with E-state index in [1.807, 2.05) is 0 Å². The van der Waals surface area contributed by atoms with Crippen molar-refractivity contribution in [1.29, 1.82) is 0 Å². The van der Waals surface area contributed by atoms with Gasteiger partial charge < -0.3 is 10.2 Å². The van der Waals surface area contributed by atoms with Crippen LogP contribution >= 0.6 is 0 Å². The minimum absolute atomic E-state index is 0.231. The Morgan fingerprint density at radius 3 is 2.00 bits per heavy atom. The fourth-order valence-corrected chi connectivity index (χ4v) is 1.33. The Balaban J connectivity index is 2.33. The largest absolute Gasteiger partial charge is 0.441 e. The van der Waals surface area contributed by atoms with Gasteiger partial charge in [-0.25, -0.2) is 0 Å². The molecule has 2 rings (SSSR count). The van der Waals surface area contributed by atoms with Crippen LogP contribution in [0.4, 0.5) is 19.1 Å². The van der Waals surface area contributed by atoms with Crippen LogP contribution in [0.25, 0.3) is 11.3 Å². The molecule has 0 aliphatic heterocycles. The van der Waals surface area contributed by atoms with Crippen LogP contribution in [-0.2, 0) is 6.18 Å². The molecule has 2 aromatic rings. The summed E-state index contributed by atoms with van der Waals surface area (Å²) >= 11 is 0. The summed E-state index contributed by atoms with van der Waals surface area (Å²) in [5, 5.41) is 0. The third-order valence-electron chi connectivity index (χ3n) is 2.12. The van der Waals surface area contributed by atoms with Gasteiger partial charge in [-0.05, 0) is 18.2 Å². The molecule has 1 aromatic carbocycles. The number of anilines is 1. The van der Waals surface area contributed by atoms with E-state index in [9.17, 15) is 13.2 Å². The fourth-order valence-electron chi connectivity index (χ4n) is 1.33. The van der Waals surface area contributed by atoms with Crippen LogP contribution in [0.15, 0.2) is 40.8 Å². The summed E-state index contributed by atoms with van der Waals surface area (Å²) in [6.45, 7) is 0. The van der Waals surface area contributed by atoms with Crippen molar-refractivity contribution in [2.24, 2.45) is 0 Å². The SMILES string of the molecule is Nc1ccc(-c2ccc(C(F)(F)F)cc2)o1. The summed E-state index contributed by atoms with van der Waals surface area (Å²) in [7, 11) is 0. The second-order valence-corrected chi connectivity index (χ2v) is 3.28. The maximum atomic E-state index is 12.3. The number of hydrogen-bond donors (Lipinski definition) is 1. The van der Waals surface area contributed by atoms with Gasteiger partial charge in [0.05, 0.1) is 5.56 Å². The molecule has 0 saturated heterocycles. The minimum Gasteiger partial charge on any atom is -0.441 e. The Bertz CT molecular complexity index is 485.